The van der Waals surface area contributed by atoms with Crippen molar-refractivity contribution in [3.05, 3.63) is 29.8 Å². The lowest BCUT2D eigenvalue weighted by Crippen LogP contribution is -2.49. The van der Waals surface area contributed by atoms with Crippen molar-refractivity contribution in [1.29, 1.82) is 0 Å². The number of hydrogen-bond donors (Lipinski definition) is 1. The Morgan fingerprint density at radius 3 is 2.48 bits per heavy atom. The van der Waals surface area contributed by atoms with Gasteiger partial charge < -0.3 is 10.2 Å². The fourth-order valence-corrected chi connectivity index (χ4v) is 3.89. The molecule has 2 fully saturated rings. The first-order valence-corrected chi connectivity index (χ1v) is 7.49. The minimum Gasteiger partial charge on any atom is -0.362 e. The molecule has 0 aliphatic carbocycles. The van der Waals surface area contributed by atoms with Crippen LogP contribution in [0.2, 0.25) is 0 Å². The Hall–Kier alpha value is -1.23. The molecule has 2 aliphatic rings. The third-order valence-electron chi connectivity index (χ3n) is 4.72. The number of nitrogens with one attached hydrogen (secondary N) is 1. The number of alkyl halides is 3. The maximum absolute atomic E-state index is 12.7. The number of piperidine rings is 1. The van der Waals surface area contributed by atoms with Gasteiger partial charge in [0.15, 0.2) is 0 Å². The third-order valence-corrected chi connectivity index (χ3v) is 4.72. The van der Waals surface area contributed by atoms with Gasteiger partial charge in [0.05, 0.1) is 5.56 Å². The number of rotatable bonds is 1. The highest BCUT2D eigenvalue weighted by molar-refractivity contribution is 5.53. The molecule has 3 rings (SSSR count). The van der Waals surface area contributed by atoms with Crippen molar-refractivity contribution < 1.29 is 13.2 Å². The van der Waals surface area contributed by atoms with Crippen LogP contribution in [0.25, 0.3) is 0 Å². The molecule has 21 heavy (non-hydrogen) atoms. The lowest BCUT2D eigenvalue weighted by molar-refractivity contribution is -0.137. The van der Waals surface area contributed by atoms with Crippen molar-refractivity contribution in [1.82, 2.24) is 5.32 Å². The van der Waals surface area contributed by atoms with Crippen LogP contribution < -0.4 is 10.2 Å². The van der Waals surface area contributed by atoms with Crippen LogP contribution in [0.1, 0.15) is 38.7 Å². The van der Waals surface area contributed by atoms with Crippen molar-refractivity contribution in [2.75, 3.05) is 11.4 Å². The van der Waals surface area contributed by atoms with Crippen LogP contribution in [0, 0.1) is 0 Å². The Kier molecular flexibility index (Phi) is 3.43. The lowest BCUT2D eigenvalue weighted by Gasteiger charge is -2.39. The largest absolute Gasteiger partial charge is 0.416 e. The first-order chi connectivity index (χ1) is 9.79. The van der Waals surface area contributed by atoms with Crippen molar-refractivity contribution >= 4 is 5.69 Å². The molecule has 0 radical (unpaired) electrons. The second-order valence-corrected chi connectivity index (χ2v) is 6.70. The second kappa shape index (κ2) is 4.90. The zero-order chi connectivity index (χ0) is 15.3. The highest BCUT2D eigenvalue weighted by atomic mass is 19.4. The Bertz CT molecular complexity index is 507. The smallest absolute Gasteiger partial charge is 0.362 e. The predicted octanol–water partition coefficient (Wildman–Crippen LogP) is 3.81. The Morgan fingerprint density at radius 2 is 1.86 bits per heavy atom. The van der Waals surface area contributed by atoms with Gasteiger partial charge in [-0.3, -0.25) is 0 Å². The summed E-state index contributed by atoms with van der Waals surface area (Å²) < 4.78 is 38.1. The van der Waals surface area contributed by atoms with Crippen LogP contribution in [0.4, 0.5) is 18.9 Å². The van der Waals surface area contributed by atoms with Gasteiger partial charge in [0.25, 0.3) is 0 Å². The standard InChI is InChI=1S/C16H21F3N2/c1-15(2)10-13-14(4-3-9-20-13)21(15)12-7-5-11(6-8-12)16(17,18)19/h5-8,13-14,20H,3-4,9-10H2,1-2H3/t13-,14-/m0/s1. The molecule has 0 amide bonds. The zero-order valence-electron chi connectivity index (χ0n) is 12.4. The summed E-state index contributed by atoms with van der Waals surface area (Å²) in [6.45, 7) is 5.38. The quantitative estimate of drug-likeness (QED) is 0.848. The highest BCUT2D eigenvalue weighted by Gasteiger charge is 2.46. The molecule has 0 bridgehead atoms. The fraction of sp³-hybridized carbons (Fsp3) is 0.625. The van der Waals surface area contributed by atoms with E-state index >= 15 is 0 Å². The SMILES string of the molecule is CC1(C)C[C@@H]2NCCC[C@@H]2N1c1ccc(C(F)(F)F)cc1. The molecule has 2 atom stereocenters. The molecule has 1 aromatic rings. The van der Waals surface area contributed by atoms with Gasteiger partial charge in [-0.15, -0.1) is 0 Å². The minimum atomic E-state index is -4.27. The number of hydrogen-bond acceptors (Lipinski definition) is 2. The van der Waals surface area contributed by atoms with Crippen molar-refractivity contribution in [2.24, 2.45) is 0 Å². The molecule has 5 heteroatoms. The zero-order valence-corrected chi connectivity index (χ0v) is 12.4. The van der Waals surface area contributed by atoms with E-state index in [0.29, 0.717) is 12.1 Å². The molecule has 0 aromatic heterocycles. The monoisotopic (exact) mass is 298 g/mol. The number of fused-ring (bicyclic) bond motifs is 1. The highest BCUT2D eigenvalue weighted by Crippen LogP contribution is 2.41. The molecule has 0 saturated carbocycles. The van der Waals surface area contributed by atoms with E-state index < -0.39 is 11.7 Å². The summed E-state index contributed by atoms with van der Waals surface area (Å²) in [6.07, 6.45) is -1.02. The summed E-state index contributed by atoms with van der Waals surface area (Å²) >= 11 is 0. The second-order valence-electron chi connectivity index (χ2n) is 6.70. The average molecular weight is 298 g/mol. The lowest BCUT2D eigenvalue weighted by atomic mass is 9.96. The molecule has 2 heterocycles. The van der Waals surface area contributed by atoms with E-state index in [-0.39, 0.29) is 5.54 Å². The predicted molar refractivity (Wildman–Crippen MR) is 77.4 cm³/mol. The van der Waals surface area contributed by atoms with Crippen LogP contribution >= 0.6 is 0 Å². The summed E-state index contributed by atoms with van der Waals surface area (Å²) in [4.78, 5) is 2.31. The maximum atomic E-state index is 12.7. The Balaban J connectivity index is 1.91. The van der Waals surface area contributed by atoms with Gasteiger partial charge in [0.2, 0.25) is 0 Å². The van der Waals surface area contributed by atoms with E-state index in [1.807, 2.05) is 0 Å². The van der Waals surface area contributed by atoms with E-state index in [1.54, 1.807) is 12.1 Å². The Labute approximate surface area is 123 Å². The summed E-state index contributed by atoms with van der Waals surface area (Å²) in [5.74, 6) is 0. The molecule has 1 aromatic carbocycles. The summed E-state index contributed by atoms with van der Waals surface area (Å²) in [6, 6.07) is 6.43. The third kappa shape index (κ3) is 2.63. The molecular formula is C16H21F3N2. The Morgan fingerprint density at radius 1 is 1.19 bits per heavy atom. The van der Waals surface area contributed by atoms with Gasteiger partial charge in [-0.25, -0.2) is 0 Å². The average Bonchev–Trinajstić information content (AvgIpc) is 2.67. The van der Waals surface area contributed by atoms with E-state index in [2.05, 4.69) is 24.1 Å². The van der Waals surface area contributed by atoms with Gasteiger partial charge >= 0.3 is 6.18 Å². The van der Waals surface area contributed by atoms with E-state index in [9.17, 15) is 13.2 Å². The fourth-order valence-electron chi connectivity index (χ4n) is 3.89. The molecule has 0 unspecified atom stereocenters. The van der Waals surface area contributed by atoms with Crippen LogP contribution in [0.15, 0.2) is 24.3 Å². The van der Waals surface area contributed by atoms with Gasteiger partial charge in [0.1, 0.15) is 0 Å². The van der Waals surface area contributed by atoms with Gasteiger partial charge in [-0.2, -0.15) is 13.2 Å². The van der Waals surface area contributed by atoms with Gasteiger partial charge in [0, 0.05) is 23.3 Å². The summed E-state index contributed by atoms with van der Waals surface area (Å²) in [5.41, 5.74) is 0.276. The molecule has 116 valence electrons. The van der Waals surface area contributed by atoms with Crippen molar-refractivity contribution in [3.8, 4) is 0 Å². The minimum absolute atomic E-state index is 0.0353. The number of benzene rings is 1. The van der Waals surface area contributed by atoms with Crippen LogP contribution in [-0.4, -0.2) is 24.2 Å². The molecule has 0 spiro atoms. The van der Waals surface area contributed by atoms with Gasteiger partial charge in [-0.05, 0) is 63.9 Å². The van der Waals surface area contributed by atoms with Gasteiger partial charge in [-0.1, -0.05) is 0 Å². The summed E-state index contributed by atoms with van der Waals surface area (Å²) in [7, 11) is 0. The number of nitrogens with zero attached hydrogens (tertiary/aromatic N) is 1. The number of halogens is 3. The molecular weight excluding hydrogens is 277 g/mol. The topological polar surface area (TPSA) is 15.3 Å². The first-order valence-electron chi connectivity index (χ1n) is 7.49. The molecule has 2 nitrogen and oxygen atoms in total. The normalized spacial score (nSPS) is 28.5. The van der Waals surface area contributed by atoms with Crippen LogP contribution in [0.5, 0.6) is 0 Å². The summed E-state index contributed by atoms with van der Waals surface area (Å²) in [5, 5.41) is 3.55. The van der Waals surface area contributed by atoms with Crippen molar-refractivity contribution in [3.63, 3.8) is 0 Å². The van der Waals surface area contributed by atoms with Crippen LogP contribution in [0.3, 0.4) is 0 Å². The van der Waals surface area contributed by atoms with E-state index in [4.69, 9.17) is 0 Å². The van der Waals surface area contributed by atoms with Crippen LogP contribution in [-0.2, 0) is 6.18 Å². The van der Waals surface area contributed by atoms with E-state index in [1.165, 1.54) is 12.1 Å². The molecule has 2 aliphatic heterocycles. The van der Waals surface area contributed by atoms with Crippen molar-refractivity contribution in [2.45, 2.75) is 56.9 Å². The van der Waals surface area contributed by atoms with E-state index in [0.717, 1.165) is 31.5 Å². The maximum Gasteiger partial charge on any atom is 0.416 e. The number of anilines is 1. The molecule has 1 N–H and O–H groups in total. The molecule has 2 saturated heterocycles. The first kappa shape index (κ1) is 14.7.